The van der Waals surface area contributed by atoms with Crippen LogP contribution in [0.25, 0.3) is 0 Å². The van der Waals surface area contributed by atoms with Gasteiger partial charge in [0.25, 0.3) is 0 Å². The van der Waals surface area contributed by atoms with Gasteiger partial charge in [0, 0.05) is 25.7 Å². The Morgan fingerprint density at radius 1 is 1.38 bits per heavy atom. The van der Waals surface area contributed by atoms with Gasteiger partial charge in [-0.2, -0.15) is 4.31 Å². The van der Waals surface area contributed by atoms with Crippen molar-refractivity contribution in [2.45, 2.75) is 23.9 Å². The Morgan fingerprint density at radius 3 is 2.57 bits per heavy atom. The van der Waals surface area contributed by atoms with E-state index in [4.69, 9.17) is 5.73 Å². The first-order valence-electron chi connectivity index (χ1n) is 6.62. The van der Waals surface area contributed by atoms with Crippen molar-refractivity contribution in [3.63, 3.8) is 0 Å². The second kappa shape index (κ2) is 5.96. The van der Waals surface area contributed by atoms with Gasteiger partial charge in [-0.3, -0.25) is 0 Å². The van der Waals surface area contributed by atoms with E-state index in [1.807, 2.05) is 19.0 Å². The van der Waals surface area contributed by atoms with Crippen LogP contribution < -0.4 is 5.73 Å². The number of nitrogens with zero attached hydrogens (tertiary/aromatic N) is 2. The molecule has 0 bridgehead atoms. The van der Waals surface area contributed by atoms with Crippen LogP contribution in [0, 0.1) is 11.6 Å². The van der Waals surface area contributed by atoms with E-state index in [9.17, 15) is 17.2 Å². The lowest BCUT2D eigenvalue weighted by Gasteiger charge is -2.20. The summed E-state index contributed by atoms with van der Waals surface area (Å²) < 4.78 is 53.6. The Labute approximate surface area is 123 Å². The van der Waals surface area contributed by atoms with Gasteiger partial charge in [-0.05, 0) is 38.2 Å². The molecule has 0 saturated carbocycles. The smallest absolute Gasteiger partial charge is 0.246 e. The molecule has 21 heavy (non-hydrogen) atoms. The summed E-state index contributed by atoms with van der Waals surface area (Å²) in [6.07, 6.45) is 0.660. The molecule has 1 atom stereocenters. The molecular formula is C13H19F2N3O2S. The van der Waals surface area contributed by atoms with Gasteiger partial charge in [-0.25, -0.2) is 17.2 Å². The third-order valence-corrected chi connectivity index (χ3v) is 5.63. The molecular weight excluding hydrogens is 300 g/mol. The molecule has 1 aromatic rings. The Kier molecular flexibility index (Phi) is 4.62. The molecule has 0 aliphatic carbocycles. The fraction of sp³-hybridized carbons (Fsp3) is 0.538. The van der Waals surface area contributed by atoms with Crippen LogP contribution in [0.3, 0.4) is 0 Å². The predicted molar refractivity (Wildman–Crippen MR) is 75.1 cm³/mol. The molecule has 1 aliphatic rings. The van der Waals surface area contributed by atoms with E-state index in [-0.39, 0.29) is 24.7 Å². The maximum atomic E-state index is 13.9. The topological polar surface area (TPSA) is 66.6 Å². The summed E-state index contributed by atoms with van der Waals surface area (Å²) >= 11 is 0. The van der Waals surface area contributed by atoms with Crippen LogP contribution in [0.2, 0.25) is 0 Å². The first kappa shape index (κ1) is 16.3. The van der Waals surface area contributed by atoms with Gasteiger partial charge in [0.15, 0.2) is 11.6 Å². The molecule has 0 spiro atoms. The third-order valence-electron chi connectivity index (χ3n) is 3.76. The highest BCUT2D eigenvalue weighted by atomic mass is 32.2. The van der Waals surface area contributed by atoms with E-state index in [2.05, 4.69) is 0 Å². The van der Waals surface area contributed by atoms with Gasteiger partial charge in [-0.15, -0.1) is 0 Å². The lowest BCUT2D eigenvalue weighted by atomic mass is 10.2. The summed E-state index contributed by atoms with van der Waals surface area (Å²) in [5.41, 5.74) is 5.64. The van der Waals surface area contributed by atoms with Gasteiger partial charge in [-0.1, -0.05) is 0 Å². The van der Waals surface area contributed by atoms with Crippen molar-refractivity contribution >= 4 is 10.0 Å². The minimum atomic E-state index is -4.05. The predicted octanol–water partition coefficient (Wildman–Crippen LogP) is 0.748. The summed E-state index contributed by atoms with van der Waals surface area (Å²) in [6, 6.07) is 2.10. The Balaban J connectivity index is 2.39. The first-order chi connectivity index (χ1) is 9.77. The summed E-state index contributed by atoms with van der Waals surface area (Å²) in [7, 11) is -0.340. The van der Waals surface area contributed by atoms with Crippen LogP contribution in [0.1, 0.15) is 12.0 Å². The molecule has 0 amide bonds. The van der Waals surface area contributed by atoms with Crippen molar-refractivity contribution in [3.05, 3.63) is 29.3 Å². The average Bonchev–Trinajstić information content (AvgIpc) is 2.92. The first-order valence-corrected chi connectivity index (χ1v) is 8.06. The number of sulfonamides is 1. The van der Waals surface area contributed by atoms with Crippen molar-refractivity contribution in [2.24, 2.45) is 5.73 Å². The van der Waals surface area contributed by atoms with Gasteiger partial charge >= 0.3 is 0 Å². The van der Waals surface area contributed by atoms with Crippen molar-refractivity contribution in [2.75, 3.05) is 27.2 Å². The average molecular weight is 319 g/mol. The van der Waals surface area contributed by atoms with Crippen molar-refractivity contribution in [1.82, 2.24) is 9.21 Å². The highest BCUT2D eigenvalue weighted by Gasteiger charge is 2.35. The number of hydrogen-bond acceptors (Lipinski definition) is 4. The van der Waals surface area contributed by atoms with Crippen LogP contribution in [0.15, 0.2) is 17.0 Å². The van der Waals surface area contributed by atoms with E-state index in [1.165, 1.54) is 4.31 Å². The second-order valence-electron chi connectivity index (χ2n) is 5.36. The minimum Gasteiger partial charge on any atom is -0.326 e. The standard InChI is InChI=1S/C13H19F2N3O2S/c1-17(2)10-3-4-18(8-10)21(19,20)12-6-9(7-16)5-11(14)13(12)15/h5-6,10H,3-4,7-8,16H2,1-2H3. The maximum absolute atomic E-state index is 13.9. The monoisotopic (exact) mass is 319 g/mol. The molecule has 0 radical (unpaired) electrons. The molecule has 1 aromatic carbocycles. The number of halogens is 2. The van der Waals surface area contributed by atoms with E-state index < -0.39 is 26.6 Å². The molecule has 1 saturated heterocycles. The van der Waals surface area contributed by atoms with Crippen LogP contribution in [-0.2, 0) is 16.6 Å². The molecule has 1 unspecified atom stereocenters. The zero-order chi connectivity index (χ0) is 15.8. The number of hydrogen-bond donors (Lipinski definition) is 1. The minimum absolute atomic E-state index is 0.0555. The lowest BCUT2D eigenvalue weighted by Crippen LogP contribution is -2.35. The Bertz CT molecular complexity index is 635. The molecule has 1 heterocycles. The van der Waals surface area contributed by atoms with E-state index >= 15 is 0 Å². The number of rotatable bonds is 4. The van der Waals surface area contributed by atoms with E-state index in [0.29, 0.717) is 13.0 Å². The second-order valence-corrected chi connectivity index (χ2v) is 7.27. The molecule has 2 rings (SSSR count). The SMILES string of the molecule is CN(C)C1CCN(S(=O)(=O)c2cc(CN)cc(F)c2F)C1. The van der Waals surface area contributed by atoms with Gasteiger partial charge in [0.2, 0.25) is 10.0 Å². The number of nitrogens with two attached hydrogens (primary N) is 1. The molecule has 1 fully saturated rings. The van der Waals surface area contributed by atoms with Gasteiger partial charge < -0.3 is 10.6 Å². The normalized spacial score (nSPS) is 20.4. The van der Waals surface area contributed by atoms with Crippen molar-refractivity contribution in [1.29, 1.82) is 0 Å². The zero-order valence-electron chi connectivity index (χ0n) is 12.0. The summed E-state index contributed by atoms with van der Waals surface area (Å²) in [4.78, 5) is 1.28. The fourth-order valence-corrected chi connectivity index (χ4v) is 4.03. The molecule has 1 aliphatic heterocycles. The van der Waals surface area contributed by atoms with Crippen molar-refractivity contribution < 1.29 is 17.2 Å². The Morgan fingerprint density at radius 2 is 2.05 bits per heavy atom. The molecule has 5 nitrogen and oxygen atoms in total. The largest absolute Gasteiger partial charge is 0.326 e. The summed E-state index contributed by atoms with van der Waals surface area (Å²) in [5, 5.41) is 0. The fourth-order valence-electron chi connectivity index (χ4n) is 2.41. The third kappa shape index (κ3) is 3.08. The molecule has 8 heteroatoms. The van der Waals surface area contributed by atoms with Gasteiger partial charge in [0.05, 0.1) is 0 Å². The lowest BCUT2D eigenvalue weighted by molar-refractivity contribution is 0.302. The van der Waals surface area contributed by atoms with Crippen LogP contribution >= 0.6 is 0 Å². The molecule has 0 aromatic heterocycles. The highest BCUT2D eigenvalue weighted by molar-refractivity contribution is 7.89. The Hall–Kier alpha value is -1.09. The van der Waals surface area contributed by atoms with E-state index in [0.717, 1.165) is 12.1 Å². The van der Waals surface area contributed by atoms with Crippen LogP contribution in [0.4, 0.5) is 8.78 Å². The maximum Gasteiger partial charge on any atom is 0.246 e. The number of likely N-dealkylation sites (N-methyl/N-ethyl adjacent to an activating group) is 1. The van der Waals surface area contributed by atoms with Crippen LogP contribution in [-0.4, -0.2) is 50.8 Å². The van der Waals surface area contributed by atoms with Crippen molar-refractivity contribution in [3.8, 4) is 0 Å². The molecule has 2 N–H and O–H groups in total. The van der Waals surface area contributed by atoms with Gasteiger partial charge in [0.1, 0.15) is 4.90 Å². The highest BCUT2D eigenvalue weighted by Crippen LogP contribution is 2.26. The van der Waals surface area contributed by atoms with E-state index in [1.54, 1.807) is 0 Å². The van der Waals surface area contributed by atoms with Crippen LogP contribution in [0.5, 0.6) is 0 Å². The summed E-state index contributed by atoms with van der Waals surface area (Å²) in [6.45, 7) is 0.502. The summed E-state index contributed by atoms with van der Waals surface area (Å²) in [5.74, 6) is -2.54. The number of benzene rings is 1. The molecule has 118 valence electrons. The zero-order valence-corrected chi connectivity index (χ0v) is 12.8. The quantitative estimate of drug-likeness (QED) is 0.889.